The highest BCUT2D eigenvalue weighted by Crippen LogP contribution is 2.37. The molecule has 0 aliphatic heterocycles. The largest absolute Gasteiger partial charge is 0.369 e. The third kappa shape index (κ3) is 3.55. The van der Waals surface area contributed by atoms with Gasteiger partial charge in [-0.15, -0.1) is 0 Å². The predicted molar refractivity (Wildman–Crippen MR) is 93.6 cm³/mol. The zero-order chi connectivity index (χ0) is 16.9. The van der Waals surface area contributed by atoms with E-state index in [2.05, 4.69) is 11.1 Å². The Morgan fingerprint density at radius 2 is 2.08 bits per heavy atom. The molecule has 0 fully saturated rings. The molecular weight excluding hydrogens is 322 g/mol. The Bertz CT molecular complexity index is 727. The molecule has 1 aliphatic carbocycles. The first-order chi connectivity index (χ1) is 11.7. The minimum absolute atomic E-state index is 0.0419. The normalized spacial score (nSPS) is 20.2. The van der Waals surface area contributed by atoms with Crippen molar-refractivity contribution in [3.8, 4) is 0 Å². The second-order valence-electron chi connectivity index (χ2n) is 5.78. The summed E-state index contributed by atoms with van der Waals surface area (Å²) >= 11 is 1.59. The molecule has 1 aliphatic rings. The van der Waals surface area contributed by atoms with Crippen molar-refractivity contribution in [1.82, 2.24) is 9.55 Å². The van der Waals surface area contributed by atoms with Gasteiger partial charge in [0.15, 0.2) is 5.16 Å². The van der Waals surface area contributed by atoms with Crippen LogP contribution in [0.5, 0.6) is 0 Å². The molecule has 126 valence electrons. The van der Waals surface area contributed by atoms with E-state index >= 15 is 0 Å². The fourth-order valence-electron chi connectivity index (χ4n) is 3.06. The molecular formula is C18H21N3O2S. The number of allylic oxidation sites excluding steroid dienone is 2. The lowest BCUT2D eigenvalue weighted by atomic mass is 9.80. The first kappa shape index (κ1) is 16.8. The second kappa shape index (κ2) is 7.68. The standard InChI is InChI=1S/C18H21N3O2S/c1-23-12-21-16(14-9-5-6-10-15(14)17(19)22)11-20-18(21)24-13-7-3-2-4-8-13/h2-8,11,14-15H,9-10,12H2,1H3,(H2,19,22)/t14-,15-/m0/s1. The van der Waals surface area contributed by atoms with Gasteiger partial charge in [-0.1, -0.05) is 42.1 Å². The molecule has 0 spiro atoms. The minimum Gasteiger partial charge on any atom is -0.369 e. The van der Waals surface area contributed by atoms with Gasteiger partial charge in [-0.2, -0.15) is 0 Å². The van der Waals surface area contributed by atoms with Crippen molar-refractivity contribution in [2.45, 2.75) is 35.5 Å². The van der Waals surface area contributed by atoms with Crippen LogP contribution in [0.15, 0.2) is 58.7 Å². The van der Waals surface area contributed by atoms with Crippen LogP contribution in [0.1, 0.15) is 24.5 Å². The van der Waals surface area contributed by atoms with Crippen molar-refractivity contribution in [3.63, 3.8) is 0 Å². The van der Waals surface area contributed by atoms with Crippen LogP contribution in [-0.2, 0) is 16.3 Å². The molecule has 1 amide bonds. The first-order valence-corrected chi connectivity index (χ1v) is 8.74. The summed E-state index contributed by atoms with van der Waals surface area (Å²) in [5.74, 6) is -0.413. The fourth-order valence-corrected chi connectivity index (χ4v) is 3.93. The molecule has 2 aromatic rings. The molecule has 0 unspecified atom stereocenters. The number of nitrogens with zero attached hydrogens (tertiary/aromatic N) is 2. The summed E-state index contributed by atoms with van der Waals surface area (Å²) < 4.78 is 7.41. The number of imidazole rings is 1. The number of benzene rings is 1. The molecule has 3 rings (SSSR count). The number of nitrogens with two attached hydrogens (primary N) is 1. The van der Waals surface area contributed by atoms with Crippen molar-refractivity contribution < 1.29 is 9.53 Å². The highest BCUT2D eigenvalue weighted by atomic mass is 32.2. The number of carbonyl (C=O) groups excluding carboxylic acids is 1. The minimum atomic E-state index is -0.258. The molecule has 2 atom stereocenters. The Hall–Kier alpha value is -2.05. The van der Waals surface area contributed by atoms with Gasteiger partial charge in [0, 0.05) is 35.7 Å². The first-order valence-electron chi connectivity index (χ1n) is 7.92. The Morgan fingerprint density at radius 1 is 1.33 bits per heavy atom. The molecule has 1 aromatic carbocycles. The van der Waals surface area contributed by atoms with Crippen molar-refractivity contribution in [1.29, 1.82) is 0 Å². The van der Waals surface area contributed by atoms with Gasteiger partial charge < -0.3 is 10.5 Å². The van der Waals surface area contributed by atoms with E-state index < -0.39 is 0 Å². The molecule has 1 heterocycles. The van der Waals surface area contributed by atoms with E-state index in [1.54, 1.807) is 18.9 Å². The summed E-state index contributed by atoms with van der Waals surface area (Å²) in [7, 11) is 1.66. The van der Waals surface area contributed by atoms with E-state index in [0.29, 0.717) is 13.2 Å². The van der Waals surface area contributed by atoms with Gasteiger partial charge in [0.2, 0.25) is 5.91 Å². The summed E-state index contributed by atoms with van der Waals surface area (Å²) in [5.41, 5.74) is 6.61. The van der Waals surface area contributed by atoms with Gasteiger partial charge >= 0.3 is 0 Å². The third-order valence-electron chi connectivity index (χ3n) is 4.24. The summed E-state index contributed by atoms with van der Waals surface area (Å²) in [6.45, 7) is 0.399. The maximum absolute atomic E-state index is 11.8. The molecule has 1 aromatic heterocycles. The van der Waals surface area contributed by atoms with Crippen molar-refractivity contribution in [3.05, 3.63) is 54.4 Å². The smallest absolute Gasteiger partial charge is 0.221 e. The van der Waals surface area contributed by atoms with E-state index in [9.17, 15) is 4.79 Å². The Balaban J connectivity index is 1.93. The molecule has 5 nitrogen and oxygen atoms in total. The summed E-state index contributed by atoms with van der Waals surface area (Å²) in [6, 6.07) is 10.1. The number of primary amides is 1. The van der Waals surface area contributed by atoms with Crippen molar-refractivity contribution >= 4 is 17.7 Å². The lowest BCUT2D eigenvalue weighted by molar-refractivity contribution is -0.122. The van der Waals surface area contributed by atoms with Crippen LogP contribution in [-0.4, -0.2) is 22.6 Å². The number of amides is 1. The summed E-state index contributed by atoms with van der Waals surface area (Å²) in [6.07, 6.45) is 7.46. The molecule has 2 N–H and O–H groups in total. The van der Waals surface area contributed by atoms with E-state index in [1.807, 2.05) is 47.2 Å². The van der Waals surface area contributed by atoms with Crippen LogP contribution in [0.4, 0.5) is 0 Å². The van der Waals surface area contributed by atoms with E-state index in [0.717, 1.165) is 22.2 Å². The predicted octanol–water partition coefficient (Wildman–Crippen LogP) is 3.17. The number of hydrogen-bond donors (Lipinski definition) is 1. The SMILES string of the molecule is COCn1c([C@H]2CC=CC[C@@H]2C(N)=O)cnc1Sc1ccccc1. The number of hydrogen-bond acceptors (Lipinski definition) is 4. The van der Waals surface area contributed by atoms with Crippen LogP contribution in [0.3, 0.4) is 0 Å². The van der Waals surface area contributed by atoms with Gasteiger partial charge in [-0.25, -0.2) is 4.98 Å². The van der Waals surface area contributed by atoms with Crippen LogP contribution in [0, 0.1) is 5.92 Å². The third-order valence-corrected chi connectivity index (χ3v) is 5.25. The van der Waals surface area contributed by atoms with Gasteiger partial charge in [0.05, 0.1) is 0 Å². The number of carbonyl (C=O) groups is 1. The lowest BCUT2D eigenvalue weighted by Crippen LogP contribution is -2.31. The topological polar surface area (TPSA) is 70.1 Å². The fraction of sp³-hybridized carbons (Fsp3) is 0.333. The van der Waals surface area contributed by atoms with E-state index in [-0.39, 0.29) is 17.7 Å². The monoisotopic (exact) mass is 343 g/mol. The second-order valence-corrected chi connectivity index (χ2v) is 6.83. The zero-order valence-electron chi connectivity index (χ0n) is 13.6. The van der Waals surface area contributed by atoms with Gasteiger partial charge in [0.1, 0.15) is 6.73 Å². The Morgan fingerprint density at radius 3 is 2.79 bits per heavy atom. The highest BCUT2D eigenvalue weighted by molar-refractivity contribution is 7.99. The molecule has 24 heavy (non-hydrogen) atoms. The van der Waals surface area contributed by atoms with Crippen molar-refractivity contribution in [2.24, 2.45) is 11.7 Å². The Labute approximate surface area is 145 Å². The average molecular weight is 343 g/mol. The Kier molecular flexibility index (Phi) is 5.37. The van der Waals surface area contributed by atoms with Gasteiger partial charge in [-0.3, -0.25) is 9.36 Å². The number of ether oxygens (including phenoxy) is 1. The maximum atomic E-state index is 11.8. The number of rotatable bonds is 6. The van der Waals surface area contributed by atoms with E-state index in [1.165, 1.54) is 0 Å². The van der Waals surface area contributed by atoms with Crippen LogP contribution < -0.4 is 5.73 Å². The lowest BCUT2D eigenvalue weighted by Gasteiger charge is -2.27. The molecule has 0 radical (unpaired) electrons. The molecule has 6 heteroatoms. The van der Waals surface area contributed by atoms with Crippen molar-refractivity contribution in [2.75, 3.05) is 7.11 Å². The summed E-state index contributed by atoms with van der Waals surface area (Å²) in [5, 5.41) is 0.857. The van der Waals surface area contributed by atoms with E-state index in [4.69, 9.17) is 10.5 Å². The maximum Gasteiger partial charge on any atom is 0.221 e. The molecule has 0 bridgehead atoms. The number of aromatic nitrogens is 2. The van der Waals surface area contributed by atoms with Crippen LogP contribution >= 0.6 is 11.8 Å². The van der Waals surface area contributed by atoms with Crippen LogP contribution in [0.2, 0.25) is 0 Å². The van der Waals surface area contributed by atoms with Gasteiger partial charge in [-0.05, 0) is 25.0 Å². The summed E-state index contributed by atoms with van der Waals surface area (Å²) in [4.78, 5) is 17.5. The molecule has 0 saturated heterocycles. The average Bonchev–Trinajstić information content (AvgIpc) is 2.98. The number of methoxy groups -OCH3 is 1. The quantitative estimate of drug-likeness (QED) is 0.818. The zero-order valence-corrected chi connectivity index (χ0v) is 14.4. The molecule has 0 saturated carbocycles. The van der Waals surface area contributed by atoms with Crippen LogP contribution in [0.25, 0.3) is 0 Å². The highest BCUT2D eigenvalue weighted by Gasteiger charge is 2.31. The van der Waals surface area contributed by atoms with Gasteiger partial charge in [0.25, 0.3) is 0 Å².